The van der Waals surface area contributed by atoms with Crippen molar-refractivity contribution < 1.29 is 9.53 Å². The SMILES string of the molecule is Cc1ccc(C)c(C2NCC(=O)N2CC2(C)CCCO2)c1. The molecule has 21 heavy (non-hydrogen) atoms. The molecule has 4 nitrogen and oxygen atoms in total. The van der Waals surface area contributed by atoms with Crippen molar-refractivity contribution in [3.63, 3.8) is 0 Å². The van der Waals surface area contributed by atoms with Gasteiger partial charge >= 0.3 is 0 Å². The smallest absolute Gasteiger partial charge is 0.238 e. The molecule has 3 rings (SSSR count). The molecule has 4 heteroatoms. The van der Waals surface area contributed by atoms with Crippen LogP contribution in [-0.4, -0.2) is 36.1 Å². The average Bonchev–Trinajstić information content (AvgIpc) is 3.01. The molecule has 0 radical (unpaired) electrons. The van der Waals surface area contributed by atoms with E-state index in [2.05, 4.69) is 44.3 Å². The maximum atomic E-state index is 12.3. The molecule has 0 spiro atoms. The average molecular weight is 288 g/mol. The van der Waals surface area contributed by atoms with Gasteiger partial charge < -0.3 is 9.64 Å². The van der Waals surface area contributed by atoms with E-state index in [0.29, 0.717) is 13.1 Å². The van der Waals surface area contributed by atoms with Gasteiger partial charge in [-0.2, -0.15) is 0 Å². The Bertz CT molecular complexity index is 550. The van der Waals surface area contributed by atoms with Gasteiger partial charge in [-0.25, -0.2) is 0 Å². The van der Waals surface area contributed by atoms with E-state index in [1.807, 2.05) is 4.90 Å². The Morgan fingerprint density at radius 2 is 2.24 bits per heavy atom. The monoisotopic (exact) mass is 288 g/mol. The van der Waals surface area contributed by atoms with Crippen molar-refractivity contribution in [2.45, 2.75) is 45.4 Å². The Balaban J connectivity index is 1.87. The maximum Gasteiger partial charge on any atom is 0.238 e. The van der Waals surface area contributed by atoms with Crippen LogP contribution in [0.1, 0.15) is 42.6 Å². The molecule has 2 heterocycles. The first-order valence-electron chi connectivity index (χ1n) is 7.72. The summed E-state index contributed by atoms with van der Waals surface area (Å²) < 4.78 is 5.87. The van der Waals surface area contributed by atoms with Gasteiger partial charge in [0.25, 0.3) is 0 Å². The van der Waals surface area contributed by atoms with Crippen molar-refractivity contribution >= 4 is 5.91 Å². The van der Waals surface area contributed by atoms with E-state index < -0.39 is 0 Å². The zero-order valence-electron chi connectivity index (χ0n) is 13.1. The zero-order valence-corrected chi connectivity index (χ0v) is 13.1. The van der Waals surface area contributed by atoms with E-state index in [-0.39, 0.29) is 17.7 Å². The minimum Gasteiger partial charge on any atom is -0.373 e. The highest BCUT2D eigenvalue weighted by atomic mass is 16.5. The molecular weight excluding hydrogens is 264 g/mol. The predicted octanol–water partition coefficient (Wildman–Crippen LogP) is 2.30. The van der Waals surface area contributed by atoms with Gasteiger partial charge in [0.2, 0.25) is 5.91 Å². The molecule has 1 aromatic rings. The van der Waals surface area contributed by atoms with Crippen LogP contribution in [0.25, 0.3) is 0 Å². The van der Waals surface area contributed by atoms with Crippen LogP contribution in [0.5, 0.6) is 0 Å². The summed E-state index contributed by atoms with van der Waals surface area (Å²) in [7, 11) is 0. The summed E-state index contributed by atoms with van der Waals surface area (Å²) in [6.07, 6.45) is 2.08. The number of ether oxygens (including phenoxy) is 1. The normalized spacial score (nSPS) is 29.4. The molecule has 1 amide bonds. The highest BCUT2D eigenvalue weighted by Gasteiger charge is 2.39. The van der Waals surface area contributed by atoms with Crippen molar-refractivity contribution in [3.05, 3.63) is 34.9 Å². The molecule has 1 aromatic carbocycles. The molecule has 2 aliphatic rings. The Kier molecular flexibility index (Phi) is 3.76. The van der Waals surface area contributed by atoms with Crippen LogP contribution in [0, 0.1) is 13.8 Å². The van der Waals surface area contributed by atoms with Crippen LogP contribution < -0.4 is 5.32 Å². The van der Waals surface area contributed by atoms with Crippen LogP contribution in [0.15, 0.2) is 18.2 Å². The molecule has 2 aliphatic heterocycles. The van der Waals surface area contributed by atoms with E-state index >= 15 is 0 Å². The number of carbonyl (C=O) groups excluding carboxylic acids is 1. The Morgan fingerprint density at radius 3 is 2.95 bits per heavy atom. The molecule has 2 atom stereocenters. The lowest BCUT2D eigenvalue weighted by Gasteiger charge is -2.33. The van der Waals surface area contributed by atoms with Crippen molar-refractivity contribution in [1.29, 1.82) is 0 Å². The number of amides is 1. The zero-order chi connectivity index (χ0) is 15.0. The first-order chi connectivity index (χ1) is 9.98. The molecule has 2 unspecified atom stereocenters. The van der Waals surface area contributed by atoms with Gasteiger partial charge in [0.15, 0.2) is 0 Å². The minimum atomic E-state index is -0.197. The number of carbonyl (C=O) groups is 1. The quantitative estimate of drug-likeness (QED) is 0.928. The lowest BCUT2D eigenvalue weighted by atomic mass is 9.99. The standard InChI is InChI=1S/C17H24N2O2/c1-12-5-6-13(2)14(9-12)16-18-10-15(20)19(16)11-17(3)7-4-8-21-17/h5-6,9,16,18H,4,7-8,10-11H2,1-3H3. The van der Waals surface area contributed by atoms with Crippen LogP contribution in [0.3, 0.4) is 0 Å². The van der Waals surface area contributed by atoms with Crippen molar-refractivity contribution in [3.8, 4) is 0 Å². The summed E-state index contributed by atoms with van der Waals surface area (Å²) in [5.74, 6) is 0.164. The van der Waals surface area contributed by atoms with E-state index in [0.717, 1.165) is 19.4 Å². The largest absolute Gasteiger partial charge is 0.373 e. The third kappa shape index (κ3) is 2.83. The predicted molar refractivity (Wildman–Crippen MR) is 82.0 cm³/mol. The second-order valence-corrected chi connectivity index (χ2v) is 6.57. The molecule has 0 aromatic heterocycles. The third-order valence-corrected chi connectivity index (χ3v) is 4.61. The molecule has 114 valence electrons. The highest BCUT2D eigenvalue weighted by molar-refractivity contribution is 5.81. The second-order valence-electron chi connectivity index (χ2n) is 6.57. The molecule has 0 aliphatic carbocycles. The second kappa shape index (κ2) is 5.43. The number of hydrogen-bond acceptors (Lipinski definition) is 3. The Hall–Kier alpha value is -1.39. The molecular formula is C17H24N2O2. The molecule has 2 fully saturated rings. The Labute approximate surface area is 126 Å². The van der Waals surface area contributed by atoms with E-state index in [9.17, 15) is 4.79 Å². The molecule has 0 saturated carbocycles. The van der Waals surface area contributed by atoms with Crippen LogP contribution in [0.4, 0.5) is 0 Å². The highest BCUT2D eigenvalue weighted by Crippen LogP contribution is 2.32. The van der Waals surface area contributed by atoms with Gasteiger partial charge in [-0.15, -0.1) is 0 Å². The number of nitrogens with zero attached hydrogens (tertiary/aromatic N) is 1. The molecule has 2 saturated heterocycles. The fourth-order valence-electron chi connectivity index (χ4n) is 3.37. The van der Waals surface area contributed by atoms with E-state index in [4.69, 9.17) is 4.74 Å². The van der Waals surface area contributed by atoms with Crippen molar-refractivity contribution in [2.24, 2.45) is 0 Å². The topological polar surface area (TPSA) is 41.6 Å². The molecule has 1 N–H and O–H groups in total. The third-order valence-electron chi connectivity index (χ3n) is 4.61. The maximum absolute atomic E-state index is 12.3. The number of hydrogen-bond donors (Lipinski definition) is 1. The number of aryl methyl sites for hydroxylation is 2. The van der Waals surface area contributed by atoms with Crippen molar-refractivity contribution in [2.75, 3.05) is 19.7 Å². The number of rotatable bonds is 3. The number of benzene rings is 1. The summed E-state index contributed by atoms with van der Waals surface area (Å²) in [6, 6.07) is 6.42. The Morgan fingerprint density at radius 1 is 1.43 bits per heavy atom. The van der Waals surface area contributed by atoms with Gasteiger partial charge in [0, 0.05) is 6.61 Å². The summed E-state index contributed by atoms with van der Waals surface area (Å²) in [5, 5.41) is 3.35. The first kappa shape index (κ1) is 14.5. The lowest BCUT2D eigenvalue weighted by molar-refractivity contribution is -0.131. The van der Waals surface area contributed by atoms with Crippen molar-refractivity contribution in [1.82, 2.24) is 10.2 Å². The van der Waals surface area contributed by atoms with Gasteiger partial charge in [-0.1, -0.05) is 23.8 Å². The van der Waals surface area contributed by atoms with Gasteiger partial charge in [-0.05, 0) is 44.7 Å². The van der Waals surface area contributed by atoms with E-state index in [1.165, 1.54) is 16.7 Å². The van der Waals surface area contributed by atoms with Crippen LogP contribution in [-0.2, 0) is 9.53 Å². The summed E-state index contributed by atoms with van der Waals surface area (Å²) in [4.78, 5) is 14.2. The van der Waals surface area contributed by atoms with Gasteiger partial charge in [-0.3, -0.25) is 10.1 Å². The summed E-state index contributed by atoms with van der Waals surface area (Å²) >= 11 is 0. The fraction of sp³-hybridized carbons (Fsp3) is 0.588. The number of nitrogens with one attached hydrogen (secondary N) is 1. The fourth-order valence-corrected chi connectivity index (χ4v) is 3.37. The summed E-state index contributed by atoms with van der Waals surface area (Å²) in [5.41, 5.74) is 3.44. The van der Waals surface area contributed by atoms with Gasteiger partial charge in [0.05, 0.1) is 18.7 Å². The lowest BCUT2D eigenvalue weighted by Crippen LogP contribution is -2.43. The van der Waals surface area contributed by atoms with Crippen LogP contribution >= 0.6 is 0 Å². The summed E-state index contributed by atoms with van der Waals surface area (Å²) in [6.45, 7) is 8.19. The van der Waals surface area contributed by atoms with E-state index in [1.54, 1.807) is 0 Å². The van der Waals surface area contributed by atoms with Crippen LogP contribution in [0.2, 0.25) is 0 Å². The minimum absolute atomic E-state index is 0.0292. The molecule has 0 bridgehead atoms. The van der Waals surface area contributed by atoms with Gasteiger partial charge in [0.1, 0.15) is 6.17 Å². The first-order valence-corrected chi connectivity index (χ1v) is 7.72.